The molecular formula is C20H23N5O3. The monoisotopic (exact) mass is 381 g/mol. The first-order valence-corrected chi connectivity index (χ1v) is 8.80. The van der Waals surface area contributed by atoms with E-state index in [2.05, 4.69) is 25.6 Å². The minimum absolute atomic E-state index is 0.0321. The Labute approximate surface area is 163 Å². The summed E-state index contributed by atoms with van der Waals surface area (Å²) in [6, 6.07) is 12.8. The smallest absolute Gasteiger partial charge is 0.225 e. The van der Waals surface area contributed by atoms with E-state index >= 15 is 0 Å². The fourth-order valence-corrected chi connectivity index (χ4v) is 2.55. The van der Waals surface area contributed by atoms with Crippen LogP contribution in [0.1, 0.15) is 6.92 Å². The van der Waals surface area contributed by atoms with Crippen molar-refractivity contribution >= 4 is 17.5 Å². The van der Waals surface area contributed by atoms with Gasteiger partial charge in [-0.25, -0.2) is 4.98 Å². The molecule has 0 aliphatic carbocycles. The summed E-state index contributed by atoms with van der Waals surface area (Å²) in [5.74, 6) is 2.23. The quantitative estimate of drug-likeness (QED) is 0.547. The number of rotatable bonds is 8. The Bertz CT molecular complexity index is 921. The number of nitrogens with zero attached hydrogens (tertiary/aromatic N) is 3. The number of pyridine rings is 1. The third-order valence-corrected chi connectivity index (χ3v) is 3.96. The summed E-state index contributed by atoms with van der Waals surface area (Å²) in [4.78, 5) is 13.4. The first-order chi connectivity index (χ1) is 13.6. The largest absolute Gasteiger partial charge is 0.493 e. The Morgan fingerprint density at radius 1 is 1.00 bits per heavy atom. The number of benzene rings is 1. The molecule has 8 nitrogen and oxygen atoms in total. The Kier molecular flexibility index (Phi) is 6.23. The van der Waals surface area contributed by atoms with E-state index in [4.69, 9.17) is 9.47 Å². The highest BCUT2D eigenvalue weighted by Gasteiger charge is 2.11. The van der Waals surface area contributed by atoms with Crippen LogP contribution in [0, 0.1) is 0 Å². The van der Waals surface area contributed by atoms with Crippen molar-refractivity contribution in [2.75, 3.05) is 31.5 Å². The van der Waals surface area contributed by atoms with Gasteiger partial charge >= 0.3 is 0 Å². The zero-order chi connectivity index (χ0) is 19.9. The van der Waals surface area contributed by atoms with Gasteiger partial charge in [-0.2, -0.15) is 4.98 Å². The standard InChI is InChI=1S/C20H23N5O3/c1-13(12-26)22-20-24-16(15-6-4-5-9-21-15)11-19(25-20)23-14-7-8-17(27-2)18(10-14)28-3/h4-11,13,26H,12H2,1-3H3,(H2,22,23,24,25)/t13-/m1/s1. The zero-order valence-electron chi connectivity index (χ0n) is 16.0. The fraction of sp³-hybridized carbons (Fsp3) is 0.250. The van der Waals surface area contributed by atoms with Crippen LogP contribution in [0.3, 0.4) is 0 Å². The molecule has 0 unspecified atom stereocenters. The van der Waals surface area contributed by atoms with Crippen molar-refractivity contribution < 1.29 is 14.6 Å². The topological polar surface area (TPSA) is 101 Å². The van der Waals surface area contributed by atoms with E-state index in [-0.39, 0.29) is 12.6 Å². The van der Waals surface area contributed by atoms with Gasteiger partial charge in [-0.05, 0) is 31.2 Å². The van der Waals surface area contributed by atoms with Crippen LogP contribution in [-0.4, -0.2) is 46.9 Å². The minimum atomic E-state index is -0.187. The average molecular weight is 381 g/mol. The molecule has 1 aromatic carbocycles. The number of methoxy groups -OCH3 is 2. The first kappa shape index (κ1) is 19.4. The predicted molar refractivity (Wildman–Crippen MR) is 108 cm³/mol. The lowest BCUT2D eigenvalue weighted by Crippen LogP contribution is -2.21. The van der Waals surface area contributed by atoms with Gasteiger partial charge in [-0.3, -0.25) is 4.98 Å². The number of hydrogen-bond donors (Lipinski definition) is 3. The van der Waals surface area contributed by atoms with Gasteiger partial charge in [-0.1, -0.05) is 6.07 Å². The normalized spacial score (nSPS) is 11.6. The molecule has 0 saturated carbocycles. The average Bonchev–Trinajstić information content (AvgIpc) is 2.74. The minimum Gasteiger partial charge on any atom is -0.493 e. The van der Waals surface area contributed by atoms with Crippen LogP contribution in [0.15, 0.2) is 48.7 Å². The van der Waals surface area contributed by atoms with E-state index in [9.17, 15) is 5.11 Å². The number of aliphatic hydroxyl groups is 1. The molecule has 0 aliphatic heterocycles. The van der Waals surface area contributed by atoms with Crippen LogP contribution in [0.5, 0.6) is 11.5 Å². The number of ether oxygens (including phenoxy) is 2. The molecule has 28 heavy (non-hydrogen) atoms. The van der Waals surface area contributed by atoms with E-state index in [1.807, 2.05) is 49.4 Å². The number of aromatic nitrogens is 3. The fourth-order valence-electron chi connectivity index (χ4n) is 2.55. The lowest BCUT2D eigenvalue weighted by Gasteiger charge is -2.15. The highest BCUT2D eigenvalue weighted by Crippen LogP contribution is 2.31. The maximum Gasteiger partial charge on any atom is 0.225 e. The Balaban J connectivity index is 1.96. The molecule has 0 bridgehead atoms. The molecule has 0 spiro atoms. The molecule has 146 valence electrons. The summed E-state index contributed by atoms with van der Waals surface area (Å²) in [7, 11) is 3.18. The molecule has 0 fully saturated rings. The molecule has 0 amide bonds. The highest BCUT2D eigenvalue weighted by atomic mass is 16.5. The molecule has 0 saturated heterocycles. The van der Waals surface area contributed by atoms with Crippen LogP contribution in [0.4, 0.5) is 17.5 Å². The van der Waals surface area contributed by atoms with E-state index in [1.165, 1.54) is 0 Å². The van der Waals surface area contributed by atoms with Crippen molar-refractivity contribution in [3.05, 3.63) is 48.7 Å². The molecular weight excluding hydrogens is 358 g/mol. The third-order valence-electron chi connectivity index (χ3n) is 3.96. The Hall–Kier alpha value is -3.39. The zero-order valence-corrected chi connectivity index (χ0v) is 16.0. The van der Waals surface area contributed by atoms with Crippen LogP contribution in [-0.2, 0) is 0 Å². The Morgan fingerprint density at radius 2 is 1.82 bits per heavy atom. The Morgan fingerprint density at radius 3 is 2.50 bits per heavy atom. The van der Waals surface area contributed by atoms with E-state index in [0.29, 0.717) is 29.0 Å². The SMILES string of the molecule is COc1ccc(Nc2cc(-c3ccccn3)nc(N[C@H](C)CO)n2)cc1OC. The van der Waals surface area contributed by atoms with Gasteiger partial charge < -0.3 is 25.2 Å². The predicted octanol–water partition coefficient (Wildman–Crippen LogP) is 3.09. The van der Waals surface area contributed by atoms with Gasteiger partial charge in [-0.15, -0.1) is 0 Å². The van der Waals surface area contributed by atoms with Crippen LogP contribution in [0.25, 0.3) is 11.4 Å². The van der Waals surface area contributed by atoms with Crippen LogP contribution < -0.4 is 20.1 Å². The second-order valence-electron chi connectivity index (χ2n) is 6.10. The van der Waals surface area contributed by atoms with Crippen molar-refractivity contribution in [3.63, 3.8) is 0 Å². The van der Waals surface area contributed by atoms with Gasteiger partial charge in [0.15, 0.2) is 11.5 Å². The number of hydrogen-bond acceptors (Lipinski definition) is 8. The molecule has 2 heterocycles. The summed E-state index contributed by atoms with van der Waals surface area (Å²) in [6.45, 7) is 1.81. The molecule has 3 N–H and O–H groups in total. The second-order valence-corrected chi connectivity index (χ2v) is 6.10. The molecule has 2 aromatic heterocycles. The van der Waals surface area contributed by atoms with Crippen molar-refractivity contribution in [2.45, 2.75) is 13.0 Å². The van der Waals surface area contributed by atoms with Crippen molar-refractivity contribution in [1.82, 2.24) is 15.0 Å². The molecule has 3 rings (SSSR count). The van der Waals surface area contributed by atoms with Crippen molar-refractivity contribution in [3.8, 4) is 22.9 Å². The maximum absolute atomic E-state index is 9.32. The van der Waals surface area contributed by atoms with Gasteiger partial charge in [0, 0.05) is 30.1 Å². The van der Waals surface area contributed by atoms with E-state index in [0.717, 1.165) is 11.4 Å². The molecule has 3 aromatic rings. The molecule has 0 aliphatic rings. The third kappa shape index (κ3) is 4.66. The van der Waals surface area contributed by atoms with Gasteiger partial charge in [0.2, 0.25) is 5.95 Å². The van der Waals surface area contributed by atoms with Crippen LogP contribution >= 0.6 is 0 Å². The van der Waals surface area contributed by atoms with Crippen LogP contribution in [0.2, 0.25) is 0 Å². The molecule has 0 radical (unpaired) electrons. The van der Waals surface area contributed by atoms with Gasteiger partial charge in [0.05, 0.1) is 32.2 Å². The summed E-state index contributed by atoms with van der Waals surface area (Å²) >= 11 is 0. The number of aliphatic hydroxyl groups excluding tert-OH is 1. The van der Waals surface area contributed by atoms with Gasteiger partial charge in [0.25, 0.3) is 0 Å². The van der Waals surface area contributed by atoms with Gasteiger partial charge in [0.1, 0.15) is 5.82 Å². The first-order valence-electron chi connectivity index (χ1n) is 8.80. The highest BCUT2D eigenvalue weighted by molar-refractivity contribution is 5.67. The summed E-state index contributed by atoms with van der Waals surface area (Å²) in [5, 5.41) is 15.7. The maximum atomic E-state index is 9.32. The van der Waals surface area contributed by atoms with Crippen molar-refractivity contribution in [1.29, 1.82) is 0 Å². The summed E-state index contributed by atoms with van der Waals surface area (Å²) < 4.78 is 10.6. The van der Waals surface area contributed by atoms with Crippen molar-refractivity contribution in [2.24, 2.45) is 0 Å². The lowest BCUT2D eigenvalue weighted by molar-refractivity contribution is 0.281. The number of anilines is 3. The summed E-state index contributed by atoms with van der Waals surface area (Å²) in [6.07, 6.45) is 1.71. The number of nitrogens with one attached hydrogen (secondary N) is 2. The molecule has 1 atom stereocenters. The molecule has 8 heteroatoms. The van der Waals surface area contributed by atoms with E-state index in [1.54, 1.807) is 20.4 Å². The lowest BCUT2D eigenvalue weighted by atomic mass is 10.2. The second kappa shape index (κ2) is 9.01. The summed E-state index contributed by atoms with van der Waals surface area (Å²) in [5.41, 5.74) is 2.16. The van der Waals surface area contributed by atoms with E-state index < -0.39 is 0 Å².